The number of piperidine rings is 1. The Morgan fingerprint density at radius 1 is 1.12 bits per heavy atom. The van der Waals surface area contributed by atoms with Crippen molar-refractivity contribution in [3.63, 3.8) is 0 Å². The summed E-state index contributed by atoms with van der Waals surface area (Å²) in [5.74, 6) is 1.55. The molecule has 0 aromatic heterocycles. The second-order valence-electron chi connectivity index (χ2n) is 7.31. The molecule has 1 N–H and O–H groups in total. The lowest BCUT2D eigenvalue weighted by Gasteiger charge is -2.32. The Morgan fingerprint density at radius 2 is 1.83 bits per heavy atom. The summed E-state index contributed by atoms with van der Waals surface area (Å²) in [6, 6.07) is 8.34. The number of likely N-dealkylation sites (tertiary alicyclic amines) is 2. The SMILES string of the molecule is COc1ccc(C[NH+]2CCCC(C(=O)N3CCCCCC3)C2)cc1. The summed E-state index contributed by atoms with van der Waals surface area (Å²) in [4.78, 5) is 16.6. The van der Waals surface area contributed by atoms with E-state index >= 15 is 0 Å². The maximum Gasteiger partial charge on any atom is 0.231 e. The predicted molar refractivity (Wildman–Crippen MR) is 95.2 cm³/mol. The average Bonchev–Trinajstić information content (AvgIpc) is 2.91. The van der Waals surface area contributed by atoms with Gasteiger partial charge in [-0.1, -0.05) is 12.8 Å². The van der Waals surface area contributed by atoms with Gasteiger partial charge in [0.15, 0.2) is 0 Å². The number of methoxy groups -OCH3 is 1. The minimum atomic E-state index is 0.227. The first-order chi connectivity index (χ1) is 11.8. The van der Waals surface area contributed by atoms with E-state index in [1.165, 1.54) is 37.8 Å². The molecule has 2 saturated heterocycles. The molecule has 2 unspecified atom stereocenters. The Bertz CT molecular complexity index is 521. The molecule has 4 nitrogen and oxygen atoms in total. The molecule has 2 atom stereocenters. The largest absolute Gasteiger partial charge is 0.497 e. The highest BCUT2D eigenvalue weighted by Gasteiger charge is 2.31. The van der Waals surface area contributed by atoms with E-state index in [2.05, 4.69) is 17.0 Å². The van der Waals surface area contributed by atoms with Gasteiger partial charge in [0, 0.05) is 18.7 Å². The minimum absolute atomic E-state index is 0.227. The molecule has 132 valence electrons. The minimum Gasteiger partial charge on any atom is -0.497 e. The van der Waals surface area contributed by atoms with Crippen LogP contribution in [0.5, 0.6) is 5.75 Å². The molecule has 1 aromatic carbocycles. The fourth-order valence-corrected chi connectivity index (χ4v) is 4.10. The van der Waals surface area contributed by atoms with Gasteiger partial charge in [0.05, 0.1) is 26.1 Å². The molecule has 1 amide bonds. The summed E-state index contributed by atoms with van der Waals surface area (Å²) < 4.78 is 5.23. The van der Waals surface area contributed by atoms with Crippen molar-refractivity contribution in [3.8, 4) is 5.75 Å². The van der Waals surface area contributed by atoms with Crippen LogP contribution >= 0.6 is 0 Å². The fraction of sp³-hybridized carbons (Fsp3) is 0.650. The van der Waals surface area contributed by atoms with Crippen molar-refractivity contribution < 1.29 is 14.4 Å². The van der Waals surface area contributed by atoms with Crippen molar-refractivity contribution >= 4 is 5.91 Å². The lowest BCUT2D eigenvalue weighted by molar-refractivity contribution is -0.921. The third-order valence-electron chi connectivity index (χ3n) is 5.50. The third-order valence-corrected chi connectivity index (χ3v) is 5.50. The number of ether oxygens (including phenoxy) is 1. The van der Waals surface area contributed by atoms with E-state index in [-0.39, 0.29) is 5.92 Å². The topological polar surface area (TPSA) is 34.0 Å². The smallest absolute Gasteiger partial charge is 0.231 e. The lowest BCUT2D eigenvalue weighted by Crippen LogP contribution is -3.12. The Morgan fingerprint density at radius 3 is 2.50 bits per heavy atom. The van der Waals surface area contributed by atoms with Gasteiger partial charge < -0.3 is 14.5 Å². The molecule has 0 radical (unpaired) electrons. The highest BCUT2D eigenvalue weighted by molar-refractivity contribution is 5.79. The van der Waals surface area contributed by atoms with E-state index in [0.29, 0.717) is 5.91 Å². The lowest BCUT2D eigenvalue weighted by atomic mass is 9.96. The molecular formula is C20H31N2O2+. The first kappa shape index (κ1) is 17.3. The van der Waals surface area contributed by atoms with Gasteiger partial charge in [0.2, 0.25) is 5.91 Å². The standard InChI is InChI=1S/C20H30N2O2/c1-24-19-10-8-17(9-11-19)15-21-12-6-7-18(16-21)20(23)22-13-4-2-3-5-14-22/h8-11,18H,2-7,12-16H2,1H3/p+1. The van der Waals surface area contributed by atoms with E-state index in [0.717, 1.165) is 44.8 Å². The molecule has 0 bridgehead atoms. The van der Waals surface area contributed by atoms with E-state index in [1.54, 1.807) is 12.0 Å². The Hall–Kier alpha value is -1.55. The van der Waals surface area contributed by atoms with Gasteiger partial charge in [0.1, 0.15) is 12.3 Å². The van der Waals surface area contributed by atoms with Crippen molar-refractivity contribution in [2.75, 3.05) is 33.3 Å². The molecule has 2 aliphatic rings. The van der Waals surface area contributed by atoms with Crippen molar-refractivity contribution in [3.05, 3.63) is 29.8 Å². The van der Waals surface area contributed by atoms with Crippen LogP contribution in [-0.4, -0.2) is 44.1 Å². The molecule has 2 heterocycles. The summed E-state index contributed by atoms with van der Waals surface area (Å²) in [6.45, 7) is 5.12. The van der Waals surface area contributed by atoms with Crippen LogP contribution in [0.15, 0.2) is 24.3 Å². The van der Waals surface area contributed by atoms with Gasteiger partial charge in [-0.25, -0.2) is 0 Å². The molecular weight excluding hydrogens is 300 g/mol. The number of nitrogens with zero attached hydrogens (tertiary/aromatic N) is 1. The molecule has 2 aliphatic heterocycles. The number of carbonyl (C=O) groups excluding carboxylic acids is 1. The van der Waals surface area contributed by atoms with Gasteiger partial charge in [-0.05, 0) is 49.9 Å². The van der Waals surface area contributed by atoms with Gasteiger partial charge in [-0.2, -0.15) is 0 Å². The highest BCUT2D eigenvalue weighted by atomic mass is 16.5. The number of carbonyl (C=O) groups is 1. The van der Waals surface area contributed by atoms with Crippen LogP contribution in [0.1, 0.15) is 44.1 Å². The van der Waals surface area contributed by atoms with Gasteiger partial charge in [-0.15, -0.1) is 0 Å². The molecule has 1 aromatic rings. The summed E-state index contributed by atoms with van der Waals surface area (Å²) >= 11 is 0. The van der Waals surface area contributed by atoms with E-state index in [9.17, 15) is 4.79 Å². The number of nitrogens with one attached hydrogen (secondary N) is 1. The molecule has 0 spiro atoms. The first-order valence-electron chi connectivity index (χ1n) is 9.51. The fourth-order valence-electron chi connectivity index (χ4n) is 4.10. The Labute approximate surface area is 145 Å². The molecule has 2 fully saturated rings. The number of amides is 1. The average molecular weight is 331 g/mol. The number of benzene rings is 1. The number of quaternary nitrogens is 1. The van der Waals surface area contributed by atoms with Crippen molar-refractivity contribution in [1.82, 2.24) is 4.90 Å². The van der Waals surface area contributed by atoms with Crippen LogP contribution in [-0.2, 0) is 11.3 Å². The Kier molecular flexibility index (Phi) is 6.13. The zero-order chi connectivity index (χ0) is 16.8. The summed E-state index contributed by atoms with van der Waals surface area (Å²) in [5, 5.41) is 0. The summed E-state index contributed by atoms with van der Waals surface area (Å²) in [6.07, 6.45) is 7.16. The van der Waals surface area contributed by atoms with Gasteiger partial charge in [0.25, 0.3) is 0 Å². The second kappa shape index (κ2) is 8.52. The maximum atomic E-state index is 12.9. The van der Waals surface area contributed by atoms with Crippen molar-refractivity contribution in [1.29, 1.82) is 0 Å². The molecule has 3 rings (SSSR count). The van der Waals surface area contributed by atoms with Crippen LogP contribution < -0.4 is 9.64 Å². The predicted octanol–water partition coefficient (Wildman–Crippen LogP) is 1.89. The van der Waals surface area contributed by atoms with Crippen molar-refractivity contribution in [2.24, 2.45) is 5.92 Å². The monoisotopic (exact) mass is 331 g/mol. The number of hydrogen-bond acceptors (Lipinski definition) is 2. The Balaban J connectivity index is 1.55. The summed E-state index contributed by atoms with van der Waals surface area (Å²) in [7, 11) is 1.70. The van der Waals surface area contributed by atoms with Gasteiger partial charge >= 0.3 is 0 Å². The van der Waals surface area contributed by atoms with Crippen LogP contribution in [0, 0.1) is 5.92 Å². The zero-order valence-corrected chi connectivity index (χ0v) is 14.9. The van der Waals surface area contributed by atoms with Crippen LogP contribution in [0.2, 0.25) is 0 Å². The highest BCUT2D eigenvalue weighted by Crippen LogP contribution is 2.17. The van der Waals surface area contributed by atoms with E-state index in [1.807, 2.05) is 12.1 Å². The molecule has 4 heteroatoms. The third kappa shape index (κ3) is 4.50. The van der Waals surface area contributed by atoms with Gasteiger partial charge in [-0.3, -0.25) is 4.79 Å². The normalized spacial score (nSPS) is 25.1. The second-order valence-corrected chi connectivity index (χ2v) is 7.31. The van der Waals surface area contributed by atoms with Crippen LogP contribution in [0.4, 0.5) is 0 Å². The molecule has 24 heavy (non-hydrogen) atoms. The van der Waals surface area contributed by atoms with E-state index in [4.69, 9.17) is 4.74 Å². The number of rotatable bonds is 4. The molecule has 0 saturated carbocycles. The van der Waals surface area contributed by atoms with Crippen molar-refractivity contribution in [2.45, 2.75) is 45.1 Å². The quantitative estimate of drug-likeness (QED) is 0.914. The summed E-state index contributed by atoms with van der Waals surface area (Å²) in [5.41, 5.74) is 1.33. The first-order valence-corrected chi connectivity index (χ1v) is 9.51. The molecule has 0 aliphatic carbocycles. The maximum absolute atomic E-state index is 12.9. The van der Waals surface area contributed by atoms with Crippen LogP contribution in [0.3, 0.4) is 0 Å². The van der Waals surface area contributed by atoms with E-state index < -0.39 is 0 Å². The zero-order valence-electron chi connectivity index (χ0n) is 14.9. The number of hydrogen-bond donors (Lipinski definition) is 1. The van der Waals surface area contributed by atoms with Crippen LogP contribution in [0.25, 0.3) is 0 Å².